The minimum absolute atomic E-state index is 0.0156. The molecule has 6 nitrogen and oxygen atoms in total. The number of carbonyl (C=O) groups excluding carboxylic acids is 1. The highest BCUT2D eigenvalue weighted by atomic mass is 16.5. The highest BCUT2D eigenvalue weighted by Gasteiger charge is 2.35. The number of nitrogens with two attached hydrogens (primary N) is 1. The van der Waals surface area contributed by atoms with Gasteiger partial charge in [-0.05, 0) is 55.2 Å². The van der Waals surface area contributed by atoms with Crippen molar-refractivity contribution >= 4 is 18.4 Å². The lowest BCUT2D eigenvalue weighted by molar-refractivity contribution is -0.118. The van der Waals surface area contributed by atoms with Crippen molar-refractivity contribution in [2.75, 3.05) is 13.2 Å². The van der Waals surface area contributed by atoms with Crippen molar-refractivity contribution in [2.45, 2.75) is 25.9 Å². The zero-order valence-corrected chi connectivity index (χ0v) is 14.7. The Kier molecular flexibility index (Phi) is 5.93. The third-order valence-electron chi connectivity index (χ3n) is 4.10. The van der Waals surface area contributed by atoms with Crippen molar-refractivity contribution in [3.63, 3.8) is 0 Å². The molecule has 0 spiro atoms. The topological polar surface area (TPSA) is 91.0 Å². The zero-order valence-electron chi connectivity index (χ0n) is 14.7. The van der Waals surface area contributed by atoms with E-state index in [1.54, 1.807) is 18.2 Å². The van der Waals surface area contributed by atoms with Crippen LogP contribution in [0.4, 0.5) is 0 Å². The fraction of sp³-hybridized carbons (Fsp3) is 0.316. The van der Waals surface area contributed by atoms with Crippen LogP contribution in [0.15, 0.2) is 42.5 Å². The fourth-order valence-corrected chi connectivity index (χ4v) is 2.88. The summed E-state index contributed by atoms with van der Waals surface area (Å²) in [5.41, 5.74) is 6.91. The van der Waals surface area contributed by atoms with Crippen LogP contribution >= 0.6 is 0 Å². The molecule has 0 saturated heterocycles. The van der Waals surface area contributed by atoms with E-state index in [-0.39, 0.29) is 12.2 Å². The molecule has 1 aliphatic rings. The summed E-state index contributed by atoms with van der Waals surface area (Å²) in [4.78, 5) is 11.3. The van der Waals surface area contributed by atoms with Crippen molar-refractivity contribution < 1.29 is 23.9 Å². The van der Waals surface area contributed by atoms with Gasteiger partial charge in [-0.2, -0.15) is 0 Å². The molecule has 0 saturated carbocycles. The summed E-state index contributed by atoms with van der Waals surface area (Å²) >= 11 is 0. The molecule has 1 atom stereocenters. The second-order valence-electron chi connectivity index (χ2n) is 6.24. The van der Waals surface area contributed by atoms with Crippen LogP contribution in [-0.4, -0.2) is 31.1 Å². The zero-order chi connectivity index (χ0) is 18.5. The van der Waals surface area contributed by atoms with Gasteiger partial charge in [0.25, 0.3) is 0 Å². The van der Waals surface area contributed by atoms with E-state index in [4.69, 9.17) is 19.9 Å². The van der Waals surface area contributed by atoms with Crippen LogP contribution in [0.3, 0.4) is 0 Å². The first-order valence-corrected chi connectivity index (χ1v) is 8.64. The molecule has 2 aromatic rings. The molecule has 0 radical (unpaired) electrons. The van der Waals surface area contributed by atoms with Crippen LogP contribution in [0.25, 0.3) is 0 Å². The van der Waals surface area contributed by atoms with Crippen LogP contribution in [0.2, 0.25) is 0 Å². The highest BCUT2D eigenvalue weighted by molar-refractivity contribution is 6.61. The van der Waals surface area contributed by atoms with Gasteiger partial charge >= 0.3 is 7.12 Å². The number of carbonyl (C=O) groups is 1. The van der Waals surface area contributed by atoms with Gasteiger partial charge in [0.2, 0.25) is 0 Å². The van der Waals surface area contributed by atoms with Crippen LogP contribution in [-0.2, 0) is 9.45 Å². The SMILES string of the molecule is CC(=O)C[C@H]1OB(O)c2cc(Oc3cccc(OCCCN)c3)ccc21. The smallest absolute Gasteiger partial charge is 0.492 e. The maximum Gasteiger partial charge on any atom is 0.492 e. The lowest BCUT2D eigenvalue weighted by Crippen LogP contribution is -2.27. The highest BCUT2D eigenvalue weighted by Crippen LogP contribution is 2.31. The second kappa shape index (κ2) is 8.36. The molecule has 0 unspecified atom stereocenters. The number of benzene rings is 2. The van der Waals surface area contributed by atoms with Crippen molar-refractivity contribution in [3.8, 4) is 17.2 Å². The first-order valence-electron chi connectivity index (χ1n) is 8.64. The Labute approximate surface area is 153 Å². The summed E-state index contributed by atoms with van der Waals surface area (Å²) in [6, 6.07) is 12.7. The lowest BCUT2D eigenvalue weighted by atomic mass is 9.79. The van der Waals surface area contributed by atoms with Gasteiger partial charge < -0.3 is 24.9 Å². The molecule has 1 heterocycles. The fourth-order valence-electron chi connectivity index (χ4n) is 2.88. The summed E-state index contributed by atoms with van der Waals surface area (Å²) < 4.78 is 17.0. The van der Waals surface area contributed by atoms with Crippen LogP contribution in [0, 0.1) is 0 Å². The summed E-state index contributed by atoms with van der Waals surface area (Å²) in [6.45, 7) is 2.65. The molecule has 3 rings (SSSR count). The number of Topliss-reactive ketones (excluding diaryl/α,β-unsaturated/α-hetero) is 1. The largest absolute Gasteiger partial charge is 0.493 e. The monoisotopic (exact) mass is 355 g/mol. The number of hydrogen-bond acceptors (Lipinski definition) is 6. The molecule has 26 heavy (non-hydrogen) atoms. The van der Waals surface area contributed by atoms with Gasteiger partial charge in [-0.3, -0.25) is 4.79 Å². The minimum atomic E-state index is -1.05. The van der Waals surface area contributed by atoms with E-state index in [0.717, 1.165) is 12.0 Å². The standard InChI is InChI=1S/C19H22BNO5/c1-13(22)10-19-17-7-6-16(12-18(17)20(23)26-19)25-15-5-2-4-14(11-15)24-9-3-8-21/h2,4-7,11-12,19,23H,3,8-10,21H2,1H3/t19-/m1/s1. The molecule has 0 fully saturated rings. The van der Waals surface area contributed by atoms with E-state index < -0.39 is 13.2 Å². The van der Waals surface area contributed by atoms with Crippen LogP contribution < -0.4 is 20.7 Å². The first kappa shape index (κ1) is 18.4. The average Bonchev–Trinajstić information content (AvgIpc) is 2.90. The molecule has 0 aromatic heterocycles. The number of hydrogen-bond donors (Lipinski definition) is 2. The molecule has 1 aliphatic heterocycles. The van der Waals surface area contributed by atoms with Crippen molar-refractivity contribution in [3.05, 3.63) is 48.0 Å². The minimum Gasteiger partial charge on any atom is -0.493 e. The van der Waals surface area contributed by atoms with Gasteiger partial charge in [0.1, 0.15) is 23.0 Å². The first-order chi connectivity index (χ1) is 12.6. The number of ether oxygens (including phenoxy) is 2. The number of rotatable bonds is 8. The Bertz CT molecular complexity index is 782. The van der Waals surface area contributed by atoms with E-state index in [1.165, 1.54) is 6.92 Å². The van der Waals surface area contributed by atoms with Gasteiger partial charge in [-0.15, -0.1) is 0 Å². The number of fused-ring (bicyclic) bond motifs is 1. The Morgan fingerprint density at radius 3 is 2.77 bits per heavy atom. The Hall–Kier alpha value is -2.35. The molecule has 136 valence electrons. The normalized spacial score (nSPS) is 15.7. The third kappa shape index (κ3) is 4.43. The maximum atomic E-state index is 11.3. The summed E-state index contributed by atoms with van der Waals surface area (Å²) in [6.07, 6.45) is 0.618. The van der Waals surface area contributed by atoms with E-state index in [0.29, 0.717) is 35.9 Å². The molecule has 0 amide bonds. The Morgan fingerprint density at radius 2 is 2.00 bits per heavy atom. The quantitative estimate of drug-likeness (QED) is 0.556. The van der Waals surface area contributed by atoms with E-state index >= 15 is 0 Å². The predicted octanol–water partition coefficient (Wildman–Crippen LogP) is 1.94. The molecule has 0 aliphatic carbocycles. The van der Waals surface area contributed by atoms with Crippen LogP contribution in [0.5, 0.6) is 17.2 Å². The van der Waals surface area contributed by atoms with Gasteiger partial charge in [0, 0.05) is 12.5 Å². The number of ketones is 1. The molecule has 3 N–H and O–H groups in total. The molecule has 2 aromatic carbocycles. The van der Waals surface area contributed by atoms with Gasteiger partial charge in [0.05, 0.1) is 12.7 Å². The van der Waals surface area contributed by atoms with Crippen molar-refractivity contribution in [1.82, 2.24) is 0 Å². The Morgan fingerprint density at radius 1 is 1.23 bits per heavy atom. The van der Waals surface area contributed by atoms with Gasteiger partial charge in [-0.1, -0.05) is 12.1 Å². The van der Waals surface area contributed by atoms with Gasteiger partial charge in [0.15, 0.2) is 0 Å². The summed E-state index contributed by atoms with van der Waals surface area (Å²) in [5, 5.41) is 10.1. The molecule has 7 heteroatoms. The molecular formula is C19H22BNO5. The predicted molar refractivity (Wildman–Crippen MR) is 98.9 cm³/mol. The molecular weight excluding hydrogens is 333 g/mol. The lowest BCUT2D eigenvalue weighted by Gasteiger charge is -2.11. The summed E-state index contributed by atoms with van der Waals surface area (Å²) in [7, 11) is -1.05. The third-order valence-corrected chi connectivity index (χ3v) is 4.10. The van der Waals surface area contributed by atoms with E-state index in [9.17, 15) is 9.82 Å². The van der Waals surface area contributed by atoms with Crippen LogP contribution in [0.1, 0.15) is 31.4 Å². The van der Waals surface area contributed by atoms with E-state index in [2.05, 4.69) is 0 Å². The maximum absolute atomic E-state index is 11.3. The molecule has 0 bridgehead atoms. The van der Waals surface area contributed by atoms with Crippen molar-refractivity contribution in [2.24, 2.45) is 5.73 Å². The van der Waals surface area contributed by atoms with E-state index in [1.807, 2.05) is 24.3 Å². The Balaban J connectivity index is 1.73. The average molecular weight is 355 g/mol. The van der Waals surface area contributed by atoms with Crippen molar-refractivity contribution in [1.29, 1.82) is 0 Å². The second-order valence-corrected chi connectivity index (χ2v) is 6.24. The van der Waals surface area contributed by atoms with Gasteiger partial charge in [-0.25, -0.2) is 0 Å². The summed E-state index contributed by atoms with van der Waals surface area (Å²) in [5.74, 6) is 1.93.